The van der Waals surface area contributed by atoms with Crippen molar-refractivity contribution in [3.05, 3.63) is 48.2 Å². The van der Waals surface area contributed by atoms with E-state index in [2.05, 4.69) is 20.6 Å². The molecule has 2 N–H and O–H groups in total. The Morgan fingerprint density at radius 3 is 2.45 bits per heavy atom. The number of pyridine rings is 1. The summed E-state index contributed by atoms with van der Waals surface area (Å²) in [7, 11) is 0. The highest BCUT2D eigenvalue weighted by atomic mass is 19.4. The summed E-state index contributed by atoms with van der Waals surface area (Å²) in [6.07, 6.45) is -3.51. The van der Waals surface area contributed by atoms with Crippen molar-refractivity contribution in [3.8, 4) is 17.4 Å². The van der Waals surface area contributed by atoms with E-state index in [1.165, 1.54) is 0 Å². The van der Waals surface area contributed by atoms with E-state index in [0.29, 0.717) is 36.5 Å². The summed E-state index contributed by atoms with van der Waals surface area (Å²) in [5, 5.41) is 5.58. The van der Waals surface area contributed by atoms with E-state index in [4.69, 9.17) is 9.47 Å². The van der Waals surface area contributed by atoms with Gasteiger partial charge in [0, 0.05) is 25.4 Å². The predicted octanol–water partition coefficient (Wildman–Crippen LogP) is 4.28. The lowest BCUT2D eigenvalue weighted by Gasteiger charge is -2.12. The number of nitrogens with zero attached hydrogens (tertiary/aromatic N) is 2. The van der Waals surface area contributed by atoms with Crippen molar-refractivity contribution in [1.29, 1.82) is 0 Å². The second kappa shape index (κ2) is 11.1. The molecule has 2 rings (SSSR count). The van der Waals surface area contributed by atoms with E-state index in [1.54, 1.807) is 24.4 Å². The molecule has 29 heavy (non-hydrogen) atoms. The number of ether oxygens (including phenoxy) is 2. The first-order valence-corrected chi connectivity index (χ1v) is 9.34. The third-order valence-electron chi connectivity index (χ3n) is 3.63. The van der Waals surface area contributed by atoms with E-state index < -0.39 is 12.6 Å². The molecule has 0 saturated carbocycles. The van der Waals surface area contributed by atoms with E-state index in [9.17, 15) is 13.2 Å². The molecule has 0 aliphatic carbocycles. The maximum absolute atomic E-state index is 12.3. The molecule has 0 bridgehead atoms. The van der Waals surface area contributed by atoms with Crippen LogP contribution in [0.1, 0.15) is 25.8 Å². The molecule has 1 aromatic heterocycles. The Kier molecular flexibility index (Phi) is 8.57. The van der Waals surface area contributed by atoms with Gasteiger partial charge in [0.25, 0.3) is 0 Å². The van der Waals surface area contributed by atoms with Gasteiger partial charge < -0.3 is 20.1 Å². The van der Waals surface area contributed by atoms with Gasteiger partial charge in [-0.2, -0.15) is 13.2 Å². The van der Waals surface area contributed by atoms with E-state index >= 15 is 0 Å². The molecule has 9 heteroatoms. The number of aromatic nitrogens is 1. The molecule has 0 amide bonds. The number of alkyl halides is 3. The fourth-order valence-electron chi connectivity index (χ4n) is 2.32. The molecule has 0 radical (unpaired) electrons. The Bertz CT molecular complexity index is 780. The molecule has 0 spiro atoms. The summed E-state index contributed by atoms with van der Waals surface area (Å²) in [5.74, 6) is 1.92. The maximum atomic E-state index is 12.3. The van der Waals surface area contributed by atoms with Gasteiger partial charge in [-0.25, -0.2) is 9.98 Å². The lowest BCUT2D eigenvalue weighted by atomic mass is 10.3. The first-order valence-electron chi connectivity index (χ1n) is 9.34. The molecule has 1 heterocycles. The summed E-state index contributed by atoms with van der Waals surface area (Å²) >= 11 is 0. The maximum Gasteiger partial charge on any atom is 0.390 e. The topological polar surface area (TPSA) is 67.8 Å². The Morgan fingerprint density at radius 2 is 1.83 bits per heavy atom. The minimum absolute atomic E-state index is 0.237. The summed E-state index contributed by atoms with van der Waals surface area (Å²) in [5.41, 5.74) is 0.795. The van der Waals surface area contributed by atoms with Gasteiger partial charge in [0.1, 0.15) is 0 Å². The number of hydrogen-bond acceptors (Lipinski definition) is 4. The van der Waals surface area contributed by atoms with E-state index in [-0.39, 0.29) is 13.1 Å². The van der Waals surface area contributed by atoms with Gasteiger partial charge in [0.15, 0.2) is 17.5 Å². The highest BCUT2D eigenvalue weighted by molar-refractivity contribution is 5.79. The number of halogens is 3. The quantitative estimate of drug-likeness (QED) is 0.477. The summed E-state index contributed by atoms with van der Waals surface area (Å²) in [4.78, 5) is 8.54. The Balaban J connectivity index is 1.95. The highest BCUT2D eigenvalue weighted by Gasteiger charge is 2.26. The van der Waals surface area contributed by atoms with E-state index in [1.807, 2.05) is 32.0 Å². The second-order valence-electron chi connectivity index (χ2n) is 5.97. The van der Waals surface area contributed by atoms with Gasteiger partial charge >= 0.3 is 6.18 Å². The average molecular weight is 410 g/mol. The molecule has 0 saturated heterocycles. The van der Waals surface area contributed by atoms with Crippen LogP contribution in [-0.2, 0) is 6.54 Å². The summed E-state index contributed by atoms with van der Waals surface area (Å²) in [6, 6.07) is 10.8. The number of rotatable bonds is 9. The Hall–Kier alpha value is -2.97. The SMILES string of the molecule is CCNC(=NCc1ccc(Oc2ccccc2OCC)nc1)NCCC(F)(F)F. The van der Waals surface area contributed by atoms with Crippen molar-refractivity contribution in [2.24, 2.45) is 4.99 Å². The van der Waals surface area contributed by atoms with Crippen LogP contribution in [0.4, 0.5) is 13.2 Å². The first kappa shape index (κ1) is 22.3. The van der Waals surface area contributed by atoms with Crippen molar-refractivity contribution in [2.45, 2.75) is 33.0 Å². The normalized spacial score (nSPS) is 11.8. The van der Waals surface area contributed by atoms with Crippen molar-refractivity contribution >= 4 is 5.96 Å². The summed E-state index contributed by atoms with van der Waals surface area (Å²) < 4.78 is 48.1. The third-order valence-corrected chi connectivity index (χ3v) is 3.63. The monoisotopic (exact) mass is 410 g/mol. The Morgan fingerprint density at radius 1 is 1.07 bits per heavy atom. The smallest absolute Gasteiger partial charge is 0.390 e. The molecular formula is C20H25F3N4O2. The summed E-state index contributed by atoms with van der Waals surface area (Å²) in [6.45, 7) is 4.83. The van der Waals surface area contributed by atoms with Crippen LogP contribution < -0.4 is 20.1 Å². The molecule has 6 nitrogen and oxygen atoms in total. The van der Waals surface area contributed by atoms with Crippen LogP contribution in [-0.4, -0.2) is 36.8 Å². The number of hydrogen-bond donors (Lipinski definition) is 2. The lowest BCUT2D eigenvalue weighted by molar-refractivity contribution is -0.132. The standard InChI is InChI=1S/C20H25F3N4O2/c1-3-24-19(25-12-11-20(21,22)23)27-14-15-9-10-18(26-13-15)29-17-8-6-5-7-16(17)28-4-2/h5-10,13H,3-4,11-12,14H2,1-2H3,(H2,24,25,27). The minimum atomic E-state index is -4.20. The van der Waals surface area contributed by atoms with Crippen LogP contribution in [0.2, 0.25) is 0 Å². The van der Waals surface area contributed by atoms with Crippen LogP contribution in [0.15, 0.2) is 47.6 Å². The average Bonchev–Trinajstić information content (AvgIpc) is 2.68. The molecule has 0 aliphatic heterocycles. The number of para-hydroxylation sites is 2. The van der Waals surface area contributed by atoms with E-state index in [0.717, 1.165) is 5.56 Å². The molecule has 158 valence electrons. The fraction of sp³-hybridized carbons (Fsp3) is 0.400. The first-order chi connectivity index (χ1) is 13.9. The van der Waals surface area contributed by atoms with Crippen LogP contribution >= 0.6 is 0 Å². The fourth-order valence-corrected chi connectivity index (χ4v) is 2.32. The van der Waals surface area contributed by atoms with Crippen LogP contribution in [0.25, 0.3) is 0 Å². The van der Waals surface area contributed by atoms with Gasteiger partial charge in [-0.05, 0) is 31.5 Å². The van der Waals surface area contributed by atoms with Crippen LogP contribution in [0, 0.1) is 0 Å². The molecular weight excluding hydrogens is 385 g/mol. The molecule has 0 aliphatic rings. The predicted molar refractivity (Wildman–Crippen MR) is 105 cm³/mol. The van der Waals surface area contributed by atoms with Gasteiger partial charge in [-0.1, -0.05) is 18.2 Å². The van der Waals surface area contributed by atoms with Crippen LogP contribution in [0.3, 0.4) is 0 Å². The van der Waals surface area contributed by atoms with Crippen molar-refractivity contribution in [3.63, 3.8) is 0 Å². The largest absolute Gasteiger partial charge is 0.490 e. The number of aliphatic imine (C=N–C) groups is 1. The number of nitrogens with one attached hydrogen (secondary N) is 2. The molecule has 2 aromatic rings. The van der Waals surface area contributed by atoms with Gasteiger partial charge in [0.2, 0.25) is 5.88 Å². The lowest BCUT2D eigenvalue weighted by Crippen LogP contribution is -2.38. The highest BCUT2D eigenvalue weighted by Crippen LogP contribution is 2.30. The van der Waals surface area contributed by atoms with Gasteiger partial charge in [-0.3, -0.25) is 0 Å². The zero-order valence-corrected chi connectivity index (χ0v) is 16.4. The minimum Gasteiger partial charge on any atom is -0.490 e. The molecule has 0 unspecified atom stereocenters. The number of guanidine groups is 1. The van der Waals surface area contributed by atoms with Crippen molar-refractivity contribution < 1.29 is 22.6 Å². The Labute approximate surface area is 168 Å². The zero-order valence-electron chi connectivity index (χ0n) is 16.4. The molecule has 1 aromatic carbocycles. The van der Waals surface area contributed by atoms with Gasteiger partial charge in [-0.15, -0.1) is 0 Å². The second-order valence-corrected chi connectivity index (χ2v) is 5.97. The molecule has 0 fully saturated rings. The number of benzene rings is 1. The molecule has 0 atom stereocenters. The third kappa shape index (κ3) is 8.28. The van der Waals surface area contributed by atoms with Crippen molar-refractivity contribution in [2.75, 3.05) is 19.7 Å². The van der Waals surface area contributed by atoms with Crippen LogP contribution in [0.5, 0.6) is 17.4 Å². The zero-order chi connectivity index (χ0) is 21.1. The van der Waals surface area contributed by atoms with Crippen molar-refractivity contribution in [1.82, 2.24) is 15.6 Å². The van der Waals surface area contributed by atoms with Gasteiger partial charge in [0.05, 0.1) is 19.6 Å².